The minimum absolute atomic E-state index is 0.103. The molecule has 0 aliphatic carbocycles. The van der Waals surface area contributed by atoms with Crippen LogP contribution in [0.4, 0.5) is 4.79 Å². The molecule has 5 rings (SSSR count). The Bertz CT molecular complexity index is 1520. The fourth-order valence-corrected chi connectivity index (χ4v) is 5.28. The predicted molar refractivity (Wildman–Crippen MR) is 160 cm³/mol. The van der Waals surface area contributed by atoms with Gasteiger partial charge in [0.25, 0.3) is 0 Å². The smallest absolute Gasteiger partial charge is 0.410 e. The molecule has 39 heavy (non-hydrogen) atoms. The highest BCUT2D eigenvalue weighted by Gasteiger charge is 2.34. The average Bonchev–Trinajstić information content (AvgIpc) is 3.38. The van der Waals surface area contributed by atoms with E-state index in [4.69, 9.17) is 37.4 Å². The fourth-order valence-electron chi connectivity index (χ4n) is 4.38. The monoisotopic (exact) mass is 683 g/mol. The molecule has 0 saturated carbocycles. The van der Waals surface area contributed by atoms with Crippen molar-refractivity contribution in [1.29, 1.82) is 0 Å². The highest BCUT2D eigenvalue weighted by molar-refractivity contribution is 14.1. The van der Waals surface area contributed by atoms with Gasteiger partial charge in [-0.25, -0.2) is 24.7 Å². The summed E-state index contributed by atoms with van der Waals surface area (Å²) in [7, 11) is 3.15. The van der Waals surface area contributed by atoms with Gasteiger partial charge in [-0.1, -0.05) is 23.2 Å². The van der Waals surface area contributed by atoms with Gasteiger partial charge in [-0.2, -0.15) is 0 Å². The van der Waals surface area contributed by atoms with Gasteiger partial charge in [0.1, 0.15) is 15.9 Å². The number of ether oxygens (including phenoxy) is 3. The van der Waals surface area contributed by atoms with Crippen LogP contribution in [0.3, 0.4) is 0 Å². The Hall–Kier alpha value is -2.70. The molecule has 0 N–H and O–H groups in total. The lowest BCUT2D eigenvalue weighted by Crippen LogP contribution is -2.36. The molecule has 0 spiro atoms. The summed E-state index contributed by atoms with van der Waals surface area (Å²) in [5, 5.41) is 4.43. The van der Waals surface area contributed by atoms with Crippen molar-refractivity contribution >= 4 is 73.4 Å². The molecule has 0 radical (unpaired) electrons. The molecule has 1 unspecified atom stereocenters. The van der Waals surface area contributed by atoms with Crippen molar-refractivity contribution in [1.82, 2.24) is 24.8 Å². The van der Waals surface area contributed by atoms with E-state index in [2.05, 4.69) is 42.5 Å². The minimum Gasteiger partial charge on any atom is -0.481 e. The number of carbonyl (C=O) groups excluding carboxylic acids is 1. The number of nitrogens with zero attached hydrogens (tertiary/aromatic N) is 5. The number of methoxy groups -OCH3 is 2. The number of aromatic nitrogens is 4. The van der Waals surface area contributed by atoms with Gasteiger partial charge in [-0.05, 0) is 73.7 Å². The Labute approximate surface area is 250 Å². The zero-order valence-corrected chi connectivity index (χ0v) is 25.8. The molecular weight excluding hydrogens is 656 g/mol. The van der Waals surface area contributed by atoms with Crippen LogP contribution >= 0.6 is 45.8 Å². The van der Waals surface area contributed by atoms with Crippen LogP contribution < -0.4 is 9.47 Å². The van der Waals surface area contributed by atoms with E-state index in [0.29, 0.717) is 28.6 Å². The Morgan fingerprint density at radius 3 is 2.05 bits per heavy atom. The second kappa shape index (κ2) is 12.2. The van der Waals surface area contributed by atoms with E-state index in [9.17, 15) is 4.79 Å². The summed E-state index contributed by atoms with van der Waals surface area (Å²) < 4.78 is 17.0. The molecule has 4 aromatic rings. The molecule has 1 saturated heterocycles. The Morgan fingerprint density at radius 1 is 0.897 bits per heavy atom. The van der Waals surface area contributed by atoms with E-state index in [-0.39, 0.29) is 12.1 Å². The Morgan fingerprint density at radius 2 is 1.46 bits per heavy atom. The third-order valence-corrected chi connectivity index (χ3v) is 7.29. The van der Waals surface area contributed by atoms with Crippen LogP contribution in [-0.4, -0.2) is 57.3 Å². The largest absolute Gasteiger partial charge is 0.481 e. The molecule has 1 aliphatic rings. The van der Waals surface area contributed by atoms with E-state index >= 15 is 0 Å². The summed E-state index contributed by atoms with van der Waals surface area (Å²) in [6.07, 6.45) is 8.28. The summed E-state index contributed by atoms with van der Waals surface area (Å²) in [5.74, 6) is 1.06. The molecule has 4 aromatic heterocycles. The van der Waals surface area contributed by atoms with Crippen LogP contribution in [0.25, 0.3) is 21.5 Å². The minimum atomic E-state index is -0.530. The summed E-state index contributed by atoms with van der Waals surface area (Å²) in [4.78, 5) is 31.0. The first-order valence-corrected chi connectivity index (χ1v) is 14.0. The van der Waals surface area contributed by atoms with Gasteiger partial charge in [0.15, 0.2) is 0 Å². The molecular formula is C27H28Cl2IN5O4. The van der Waals surface area contributed by atoms with Crippen LogP contribution in [0.1, 0.15) is 45.2 Å². The molecule has 1 atom stereocenters. The van der Waals surface area contributed by atoms with E-state index in [0.717, 1.165) is 43.5 Å². The lowest BCUT2D eigenvalue weighted by atomic mass is 10.0. The summed E-state index contributed by atoms with van der Waals surface area (Å²) in [6, 6.07) is 3.50. The number of carbonyl (C=O) groups is 1. The first kappa shape index (κ1) is 29.3. The molecule has 5 heterocycles. The number of halogens is 3. The van der Waals surface area contributed by atoms with Crippen molar-refractivity contribution in [3.63, 3.8) is 0 Å². The van der Waals surface area contributed by atoms with Gasteiger partial charge in [-0.15, -0.1) is 0 Å². The summed E-state index contributed by atoms with van der Waals surface area (Å²) in [5.41, 5.74) is 0.404. The second-order valence-electron chi connectivity index (χ2n) is 9.78. The topological polar surface area (TPSA) is 99.6 Å². The normalized spacial score (nSPS) is 15.2. The molecule has 1 aliphatic heterocycles. The van der Waals surface area contributed by atoms with E-state index in [1.807, 2.05) is 26.8 Å². The fraction of sp³-hybridized carbons (Fsp3) is 0.370. The first-order valence-electron chi connectivity index (χ1n) is 12.1. The van der Waals surface area contributed by atoms with E-state index in [1.54, 1.807) is 50.0 Å². The van der Waals surface area contributed by atoms with E-state index < -0.39 is 5.60 Å². The van der Waals surface area contributed by atoms with Crippen LogP contribution in [-0.2, 0) is 4.74 Å². The maximum atomic E-state index is 12.6. The third kappa shape index (κ3) is 6.72. The van der Waals surface area contributed by atoms with Crippen LogP contribution in [0.2, 0.25) is 10.3 Å². The first-order chi connectivity index (χ1) is 18.5. The number of fused-ring (bicyclic) bond motifs is 2. The third-order valence-electron chi connectivity index (χ3n) is 6.01. The van der Waals surface area contributed by atoms with Gasteiger partial charge < -0.3 is 19.1 Å². The number of rotatable bonds is 3. The predicted octanol–water partition coefficient (Wildman–Crippen LogP) is 7.26. The zero-order chi connectivity index (χ0) is 28.3. The van der Waals surface area contributed by atoms with Crippen molar-refractivity contribution < 1.29 is 19.0 Å². The maximum Gasteiger partial charge on any atom is 0.410 e. The molecule has 0 aromatic carbocycles. The summed E-state index contributed by atoms with van der Waals surface area (Å²) in [6.45, 7) is 6.26. The number of hydrogen-bond acceptors (Lipinski definition) is 8. The molecule has 1 fully saturated rings. The number of amides is 1. The van der Waals surface area contributed by atoms with Crippen LogP contribution in [0.5, 0.6) is 11.8 Å². The lowest BCUT2D eigenvalue weighted by Gasteiger charge is -2.29. The van der Waals surface area contributed by atoms with Crippen molar-refractivity contribution in [3.8, 4) is 11.8 Å². The molecule has 12 heteroatoms. The van der Waals surface area contributed by atoms with Gasteiger partial charge in [-0.3, -0.25) is 0 Å². The quantitative estimate of drug-likeness (QED) is 0.164. The van der Waals surface area contributed by atoms with Gasteiger partial charge in [0.2, 0.25) is 11.8 Å². The van der Waals surface area contributed by atoms with Crippen molar-refractivity contribution in [2.24, 2.45) is 0 Å². The maximum absolute atomic E-state index is 12.6. The number of hydrogen-bond donors (Lipinski definition) is 0. The lowest BCUT2D eigenvalue weighted by molar-refractivity contribution is 0.0225. The van der Waals surface area contributed by atoms with Crippen molar-refractivity contribution in [2.45, 2.75) is 45.3 Å². The average molecular weight is 684 g/mol. The molecule has 206 valence electrons. The van der Waals surface area contributed by atoms with Crippen LogP contribution in [0.15, 0.2) is 36.9 Å². The van der Waals surface area contributed by atoms with Crippen molar-refractivity contribution in [3.05, 3.63) is 56.4 Å². The number of likely N-dealkylation sites (tertiary alicyclic amines) is 1. The van der Waals surface area contributed by atoms with Gasteiger partial charge >= 0.3 is 6.09 Å². The zero-order valence-electron chi connectivity index (χ0n) is 22.2. The van der Waals surface area contributed by atoms with Gasteiger partial charge in [0.05, 0.1) is 31.0 Å². The second-order valence-corrected chi connectivity index (χ2v) is 11.7. The van der Waals surface area contributed by atoms with Crippen LogP contribution in [0, 0.1) is 3.57 Å². The van der Waals surface area contributed by atoms with E-state index in [1.165, 1.54) is 0 Å². The Kier molecular flexibility index (Phi) is 9.18. The van der Waals surface area contributed by atoms with Gasteiger partial charge in [0, 0.05) is 45.9 Å². The number of pyridine rings is 4. The molecule has 1 amide bonds. The molecule has 9 nitrogen and oxygen atoms in total. The molecule has 0 bridgehead atoms. The SMILES string of the molecule is COc1ncc(C2CCCN2C(=O)OC(C)(C)C)c2cc(Cl)ncc12.COc1ncc(I)c2cc(Cl)ncc12. The standard InChI is InChI=1S/C18H22ClN3O3.C9H6ClIN2O/c1-18(2,3)25-17(23)22-7-5-6-14(22)12-9-21-16(24-4)13-10-20-15(19)8-11(12)13;1-14-9-6-3-12-8(10)2-5(6)7(11)4-13-9/h8-10,14H,5-7H2,1-4H3;2-4H,1H3. The Balaban J connectivity index is 0.000000212. The summed E-state index contributed by atoms with van der Waals surface area (Å²) >= 11 is 14.1. The van der Waals surface area contributed by atoms with Crippen molar-refractivity contribution in [2.75, 3.05) is 20.8 Å². The highest BCUT2D eigenvalue weighted by atomic mass is 127. The highest BCUT2D eigenvalue weighted by Crippen LogP contribution is 2.38.